The van der Waals surface area contributed by atoms with Gasteiger partial charge in [-0.25, -0.2) is 8.78 Å². The van der Waals surface area contributed by atoms with Crippen LogP contribution in [0.2, 0.25) is 0 Å². The molecule has 2 aliphatic heterocycles. The van der Waals surface area contributed by atoms with Gasteiger partial charge in [-0.15, -0.1) is 0 Å². The molecular weight excluding hydrogens is 386 g/mol. The van der Waals surface area contributed by atoms with E-state index in [4.69, 9.17) is 0 Å². The van der Waals surface area contributed by atoms with E-state index in [2.05, 4.69) is 4.90 Å². The number of carbonyl (C=O) groups excluding carboxylic acids is 1. The molecule has 2 heterocycles. The summed E-state index contributed by atoms with van der Waals surface area (Å²) >= 11 is 0. The van der Waals surface area contributed by atoms with Crippen LogP contribution in [0.3, 0.4) is 0 Å². The SMILES string of the molecule is O=C1c2ccc3ccccc3c2C(CN2CCC(F)(F)CC2)N1C1CCCCC1O. The van der Waals surface area contributed by atoms with Gasteiger partial charge in [0.25, 0.3) is 11.8 Å². The molecule has 3 atom stereocenters. The monoisotopic (exact) mass is 414 g/mol. The van der Waals surface area contributed by atoms with Gasteiger partial charge in [-0.05, 0) is 35.2 Å². The van der Waals surface area contributed by atoms with Crippen LogP contribution >= 0.6 is 0 Å². The minimum Gasteiger partial charge on any atom is -0.391 e. The summed E-state index contributed by atoms with van der Waals surface area (Å²) in [7, 11) is 0. The van der Waals surface area contributed by atoms with Gasteiger partial charge in [0.1, 0.15) is 0 Å². The van der Waals surface area contributed by atoms with Gasteiger partial charge >= 0.3 is 0 Å². The predicted octanol–water partition coefficient (Wildman–Crippen LogP) is 4.37. The number of likely N-dealkylation sites (tertiary alicyclic amines) is 1. The summed E-state index contributed by atoms with van der Waals surface area (Å²) in [5.74, 6) is -2.62. The zero-order chi connectivity index (χ0) is 20.9. The Morgan fingerprint density at radius 1 is 1.03 bits per heavy atom. The van der Waals surface area contributed by atoms with Crippen molar-refractivity contribution in [3.63, 3.8) is 0 Å². The van der Waals surface area contributed by atoms with E-state index in [1.807, 2.05) is 41.3 Å². The highest BCUT2D eigenvalue weighted by molar-refractivity contribution is 6.05. The second-order valence-electron chi connectivity index (χ2n) is 9.05. The molecule has 1 saturated carbocycles. The van der Waals surface area contributed by atoms with Crippen molar-refractivity contribution in [1.29, 1.82) is 0 Å². The average Bonchev–Trinajstić information content (AvgIpc) is 3.02. The molecule has 0 bridgehead atoms. The normalized spacial score (nSPS) is 29.4. The van der Waals surface area contributed by atoms with E-state index in [0.29, 0.717) is 31.6 Å². The van der Waals surface area contributed by atoms with Gasteiger partial charge in [0.2, 0.25) is 0 Å². The van der Waals surface area contributed by atoms with Crippen molar-refractivity contribution in [2.45, 2.75) is 62.6 Å². The fourth-order valence-electron chi connectivity index (χ4n) is 5.55. The fourth-order valence-corrected chi connectivity index (χ4v) is 5.55. The highest BCUT2D eigenvalue weighted by Crippen LogP contribution is 2.43. The first-order valence-corrected chi connectivity index (χ1v) is 11.1. The van der Waals surface area contributed by atoms with Crippen LogP contribution < -0.4 is 0 Å². The van der Waals surface area contributed by atoms with Crippen LogP contribution in [0.1, 0.15) is 60.5 Å². The zero-order valence-corrected chi connectivity index (χ0v) is 17.1. The number of hydrogen-bond donors (Lipinski definition) is 1. The topological polar surface area (TPSA) is 43.8 Å². The van der Waals surface area contributed by atoms with E-state index in [-0.39, 0.29) is 30.8 Å². The Morgan fingerprint density at radius 2 is 1.77 bits per heavy atom. The Hall–Kier alpha value is -2.05. The van der Waals surface area contributed by atoms with Crippen molar-refractivity contribution < 1.29 is 18.7 Å². The van der Waals surface area contributed by atoms with E-state index in [1.165, 1.54) is 0 Å². The molecule has 160 valence electrons. The zero-order valence-electron chi connectivity index (χ0n) is 17.1. The maximum atomic E-state index is 13.7. The first-order valence-electron chi connectivity index (χ1n) is 11.1. The largest absolute Gasteiger partial charge is 0.391 e. The number of benzene rings is 2. The Balaban J connectivity index is 1.54. The summed E-state index contributed by atoms with van der Waals surface area (Å²) in [4.78, 5) is 17.5. The molecule has 2 aromatic rings. The van der Waals surface area contributed by atoms with Gasteiger partial charge in [0, 0.05) is 38.0 Å². The van der Waals surface area contributed by atoms with Crippen LogP contribution in [0.5, 0.6) is 0 Å². The number of amides is 1. The smallest absolute Gasteiger partial charge is 0.255 e. The minimum absolute atomic E-state index is 0.0333. The summed E-state index contributed by atoms with van der Waals surface area (Å²) in [5, 5.41) is 12.8. The van der Waals surface area contributed by atoms with Crippen molar-refractivity contribution in [2.24, 2.45) is 0 Å². The maximum absolute atomic E-state index is 13.7. The predicted molar refractivity (Wildman–Crippen MR) is 112 cm³/mol. The second-order valence-corrected chi connectivity index (χ2v) is 9.05. The molecule has 1 amide bonds. The number of hydrogen-bond acceptors (Lipinski definition) is 3. The molecule has 3 unspecified atom stereocenters. The number of fused-ring (bicyclic) bond motifs is 3. The number of alkyl halides is 2. The third-order valence-corrected chi connectivity index (χ3v) is 7.17. The summed E-state index contributed by atoms with van der Waals surface area (Å²) in [6.07, 6.45) is 2.65. The lowest BCUT2D eigenvalue weighted by Gasteiger charge is -2.41. The molecule has 0 aromatic heterocycles. The van der Waals surface area contributed by atoms with Crippen molar-refractivity contribution in [3.8, 4) is 0 Å². The standard InChI is InChI=1S/C24H28F2N2O2/c25-24(26)11-13-27(14-12-24)15-20-22-17-6-2-1-5-16(17)9-10-18(22)23(30)28(20)19-7-3-4-8-21(19)29/h1-2,5-6,9-10,19-21,29H,3-4,7-8,11-15H2. The molecule has 1 N–H and O–H groups in total. The Morgan fingerprint density at radius 3 is 2.53 bits per heavy atom. The van der Waals surface area contributed by atoms with E-state index in [9.17, 15) is 18.7 Å². The summed E-state index contributed by atoms with van der Waals surface area (Å²) in [6.45, 7) is 1.20. The van der Waals surface area contributed by atoms with Crippen molar-refractivity contribution >= 4 is 16.7 Å². The highest BCUT2D eigenvalue weighted by Gasteiger charge is 2.45. The molecule has 4 nitrogen and oxygen atoms in total. The number of aliphatic hydroxyl groups is 1. The van der Waals surface area contributed by atoms with Crippen LogP contribution in [0.15, 0.2) is 36.4 Å². The van der Waals surface area contributed by atoms with Gasteiger partial charge in [-0.1, -0.05) is 43.2 Å². The van der Waals surface area contributed by atoms with Crippen LogP contribution in [0.4, 0.5) is 8.78 Å². The first-order chi connectivity index (χ1) is 14.4. The molecule has 1 aliphatic carbocycles. The summed E-state index contributed by atoms with van der Waals surface area (Å²) in [6, 6.07) is 11.5. The van der Waals surface area contributed by atoms with E-state index >= 15 is 0 Å². The Labute approximate surface area is 175 Å². The Kier molecular flexibility index (Phi) is 5.02. The average molecular weight is 414 g/mol. The lowest BCUT2D eigenvalue weighted by molar-refractivity contribution is -0.0609. The van der Waals surface area contributed by atoms with Gasteiger partial charge < -0.3 is 14.9 Å². The number of piperidine rings is 1. The third-order valence-electron chi connectivity index (χ3n) is 7.17. The molecule has 2 aromatic carbocycles. The summed E-state index contributed by atoms with van der Waals surface area (Å²) in [5.41, 5.74) is 1.69. The maximum Gasteiger partial charge on any atom is 0.255 e. The van der Waals surface area contributed by atoms with Crippen LogP contribution in [-0.2, 0) is 0 Å². The van der Waals surface area contributed by atoms with Crippen molar-refractivity contribution in [2.75, 3.05) is 19.6 Å². The van der Waals surface area contributed by atoms with Crippen LogP contribution in [0.25, 0.3) is 10.8 Å². The van der Waals surface area contributed by atoms with E-state index < -0.39 is 12.0 Å². The highest BCUT2D eigenvalue weighted by atomic mass is 19.3. The molecule has 5 rings (SSSR count). The van der Waals surface area contributed by atoms with Crippen LogP contribution in [-0.4, -0.2) is 58.5 Å². The molecule has 1 saturated heterocycles. The van der Waals surface area contributed by atoms with Crippen molar-refractivity contribution in [3.05, 3.63) is 47.5 Å². The quantitative estimate of drug-likeness (QED) is 0.811. The number of halogens is 2. The summed E-state index contributed by atoms with van der Waals surface area (Å²) < 4.78 is 27.4. The molecule has 0 radical (unpaired) electrons. The van der Waals surface area contributed by atoms with Gasteiger partial charge in [-0.2, -0.15) is 0 Å². The molecule has 6 heteroatoms. The fraction of sp³-hybridized carbons (Fsp3) is 0.542. The first kappa shape index (κ1) is 19.9. The Bertz CT molecular complexity index is 953. The van der Waals surface area contributed by atoms with Gasteiger partial charge in [-0.3, -0.25) is 4.79 Å². The number of aliphatic hydroxyl groups excluding tert-OH is 1. The minimum atomic E-state index is -2.59. The lowest BCUT2D eigenvalue weighted by atomic mass is 9.90. The van der Waals surface area contributed by atoms with Crippen molar-refractivity contribution in [1.82, 2.24) is 9.80 Å². The number of rotatable bonds is 3. The van der Waals surface area contributed by atoms with E-state index in [1.54, 1.807) is 0 Å². The lowest BCUT2D eigenvalue weighted by Crippen LogP contribution is -2.50. The molecule has 0 spiro atoms. The third kappa shape index (κ3) is 3.40. The van der Waals surface area contributed by atoms with Crippen LogP contribution in [0, 0.1) is 0 Å². The van der Waals surface area contributed by atoms with Gasteiger partial charge in [0.05, 0.1) is 18.2 Å². The molecule has 3 aliphatic rings. The number of carbonyl (C=O) groups is 1. The molecular formula is C24H28F2N2O2. The van der Waals surface area contributed by atoms with Gasteiger partial charge in [0.15, 0.2) is 0 Å². The molecule has 2 fully saturated rings. The van der Waals surface area contributed by atoms with E-state index in [0.717, 1.165) is 35.6 Å². The second kappa shape index (κ2) is 7.57. The number of nitrogens with zero attached hydrogens (tertiary/aromatic N) is 2. The molecule has 30 heavy (non-hydrogen) atoms.